The predicted molar refractivity (Wildman–Crippen MR) is 137 cm³/mol. The molecule has 2 fully saturated rings. The highest BCUT2D eigenvalue weighted by molar-refractivity contribution is 9.10. The van der Waals surface area contributed by atoms with Crippen LogP contribution in [-0.2, 0) is 6.54 Å². The summed E-state index contributed by atoms with van der Waals surface area (Å²) in [6, 6.07) is 10.9. The monoisotopic (exact) mass is 510 g/mol. The number of fused-ring (bicyclic) bond motifs is 1. The Kier molecular flexibility index (Phi) is 6.55. The van der Waals surface area contributed by atoms with E-state index in [1.807, 2.05) is 4.52 Å². The highest BCUT2D eigenvalue weighted by atomic mass is 79.9. The van der Waals surface area contributed by atoms with Crippen molar-refractivity contribution in [1.82, 2.24) is 14.6 Å². The zero-order chi connectivity index (χ0) is 22.8. The number of aliphatic hydroxyl groups is 1. The van der Waals surface area contributed by atoms with E-state index in [2.05, 4.69) is 73.5 Å². The van der Waals surface area contributed by atoms with Crippen molar-refractivity contribution in [3.8, 4) is 0 Å². The van der Waals surface area contributed by atoms with E-state index in [4.69, 9.17) is 4.98 Å². The molecule has 0 bridgehead atoms. The molecule has 5 rings (SSSR count). The Balaban J connectivity index is 1.34. The normalized spacial score (nSPS) is 18.5. The Morgan fingerprint density at radius 2 is 2.00 bits per heavy atom. The van der Waals surface area contributed by atoms with Crippen LogP contribution in [0.25, 0.3) is 5.65 Å². The van der Waals surface area contributed by atoms with Crippen LogP contribution in [-0.4, -0.2) is 38.9 Å². The van der Waals surface area contributed by atoms with Gasteiger partial charge in [0.25, 0.3) is 0 Å². The topological polar surface area (TPSA) is 77.7 Å². The maximum absolute atomic E-state index is 9.54. The van der Waals surface area contributed by atoms with Crippen LogP contribution in [0, 0.1) is 5.92 Å². The fourth-order valence-electron chi connectivity index (χ4n) is 4.57. The molecule has 1 aromatic carbocycles. The molecule has 1 saturated heterocycles. The molecule has 174 valence electrons. The molecule has 2 aliphatic rings. The van der Waals surface area contributed by atoms with E-state index in [1.165, 1.54) is 24.8 Å². The van der Waals surface area contributed by atoms with Crippen LogP contribution < -0.4 is 15.5 Å². The van der Waals surface area contributed by atoms with Crippen LogP contribution in [0.4, 0.5) is 17.3 Å². The van der Waals surface area contributed by atoms with Crippen LogP contribution in [0.1, 0.15) is 44.1 Å². The van der Waals surface area contributed by atoms with Crippen molar-refractivity contribution < 1.29 is 5.11 Å². The average Bonchev–Trinajstić information content (AvgIpc) is 3.62. The van der Waals surface area contributed by atoms with Gasteiger partial charge in [-0.15, -0.1) is 0 Å². The van der Waals surface area contributed by atoms with Gasteiger partial charge in [-0.1, -0.05) is 18.7 Å². The van der Waals surface area contributed by atoms with E-state index in [0.29, 0.717) is 18.5 Å². The largest absolute Gasteiger partial charge is 0.396 e. The van der Waals surface area contributed by atoms with Gasteiger partial charge < -0.3 is 20.6 Å². The second-order valence-corrected chi connectivity index (χ2v) is 9.91. The van der Waals surface area contributed by atoms with Gasteiger partial charge >= 0.3 is 0 Å². The summed E-state index contributed by atoms with van der Waals surface area (Å²) in [5.74, 6) is 2.47. The van der Waals surface area contributed by atoms with Gasteiger partial charge in [-0.3, -0.25) is 0 Å². The van der Waals surface area contributed by atoms with Crippen molar-refractivity contribution in [3.63, 3.8) is 0 Å². The van der Waals surface area contributed by atoms with Gasteiger partial charge in [0, 0.05) is 43.2 Å². The van der Waals surface area contributed by atoms with Gasteiger partial charge in [-0.25, -0.2) is 4.98 Å². The van der Waals surface area contributed by atoms with Gasteiger partial charge in [0.05, 0.1) is 10.7 Å². The van der Waals surface area contributed by atoms with Gasteiger partial charge in [0.15, 0.2) is 5.65 Å². The lowest BCUT2D eigenvalue weighted by Gasteiger charge is -2.36. The zero-order valence-corrected chi connectivity index (χ0v) is 20.4. The Labute approximate surface area is 203 Å². The molecule has 0 spiro atoms. The molecular formula is C25H31BrN6O. The third kappa shape index (κ3) is 5.01. The molecular weight excluding hydrogens is 480 g/mol. The number of aliphatic hydroxyl groups excluding tert-OH is 1. The fraction of sp³-hybridized carbons (Fsp3) is 0.440. The maximum atomic E-state index is 9.54. The van der Waals surface area contributed by atoms with E-state index in [9.17, 15) is 5.11 Å². The van der Waals surface area contributed by atoms with Gasteiger partial charge in [-0.2, -0.15) is 9.61 Å². The maximum Gasteiger partial charge on any atom is 0.173 e. The predicted octanol–water partition coefficient (Wildman–Crippen LogP) is 5.18. The first kappa shape index (κ1) is 22.2. The number of benzene rings is 1. The molecule has 0 unspecified atom stereocenters. The molecule has 0 amide bonds. The first-order chi connectivity index (χ1) is 16.1. The van der Waals surface area contributed by atoms with E-state index in [-0.39, 0.29) is 6.61 Å². The van der Waals surface area contributed by atoms with Crippen LogP contribution in [0.3, 0.4) is 0 Å². The lowest BCUT2D eigenvalue weighted by atomic mass is 9.99. The average molecular weight is 511 g/mol. The molecule has 1 saturated carbocycles. The zero-order valence-electron chi connectivity index (χ0n) is 18.8. The lowest BCUT2D eigenvalue weighted by molar-refractivity contribution is 0.262. The summed E-state index contributed by atoms with van der Waals surface area (Å²) in [4.78, 5) is 7.25. The molecule has 3 aromatic rings. The third-order valence-electron chi connectivity index (χ3n) is 6.60. The molecule has 3 N–H and O–H groups in total. The summed E-state index contributed by atoms with van der Waals surface area (Å²) >= 11 is 3.60. The Morgan fingerprint density at radius 1 is 1.18 bits per heavy atom. The molecule has 7 nitrogen and oxygen atoms in total. The molecule has 1 atom stereocenters. The molecule has 33 heavy (non-hydrogen) atoms. The van der Waals surface area contributed by atoms with E-state index in [0.717, 1.165) is 58.9 Å². The second kappa shape index (κ2) is 9.73. The smallest absolute Gasteiger partial charge is 0.173 e. The van der Waals surface area contributed by atoms with Crippen molar-refractivity contribution in [2.24, 2.45) is 5.92 Å². The quantitative estimate of drug-likeness (QED) is 0.368. The first-order valence-corrected chi connectivity index (χ1v) is 12.6. The van der Waals surface area contributed by atoms with Crippen LogP contribution in [0.15, 0.2) is 53.3 Å². The minimum Gasteiger partial charge on any atom is -0.396 e. The molecule has 0 radical (unpaired) electrons. The third-order valence-corrected chi connectivity index (χ3v) is 7.16. The number of nitrogens with zero attached hydrogens (tertiary/aromatic N) is 4. The van der Waals surface area contributed by atoms with Gasteiger partial charge in [0.2, 0.25) is 0 Å². The number of allylic oxidation sites excluding steroid dienone is 1. The molecule has 2 aromatic heterocycles. The second-order valence-electron chi connectivity index (χ2n) is 9.06. The number of hydrogen-bond acceptors (Lipinski definition) is 6. The Bertz CT molecular complexity index is 1120. The summed E-state index contributed by atoms with van der Waals surface area (Å²) in [6.45, 7) is 5.98. The van der Waals surface area contributed by atoms with E-state index < -0.39 is 0 Å². The van der Waals surface area contributed by atoms with Gasteiger partial charge in [0.1, 0.15) is 11.6 Å². The molecule has 8 heteroatoms. The van der Waals surface area contributed by atoms with Crippen LogP contribution in [0.2, 0.25) is 0 Å². The standard InChI is InChI=1S/C25H31BrN6O/c1-17(19-7-8-19)29-20-9-5-18(6-10-20)15-27-23-14-24(30-25-22(26)16-28-32(23)25)31-12-3-2-4-21(31)11-13-33/h5-6,9-10,14,16,19,21,27,29,33H,1-4,7-8,11-13,15H2/t21-/m0/s1. The van der Waals surface area contributed by atoms with E-state index in [1.54, 1.807) is 6.20 Å². The lowest BCUT2D eigenvalue weighted by Crippen LogP contribution is -2.40. The highest BCUT2D eigenvalue weighted by Gasteiger charge is 2.25. The van der Waals surface area contributed by atoms with Crippen LogP contribution in [0.5, 0.6) is 0 Å². The van der Waals surface area contributed by atoms with Crippen molar-refractivity contribution in [1.29, 1.82) is 0 Å². The Hall–Kier alpha value is -2.58. The first-order valence-electron chi connectivity index (χ1n) is 11.8. The fourth-order valence-corrected chi connectivity index (χ4v) is 4.91. The number of aromatic nitrogens is 3. The number of nitrogens with one attached hydrogen (secondary N) is 2. The summed E-state index contributed by atoms with van der Waals surface area (Å²) in [5, 5.41) is 21.0. The SMILES string of the molecule is C=C(Nc1ccc(CNc2cc(N3CCCC[C@H]3CCO)nc3c(Br)cnn23)cc1)C1CC1. The number of halogens is 1. The highest BCUT2D eigenvalue weighted by Crippen LogP contribution is 2.36. The summed E-state index contributed by atoms with van der Waals surface area (Å²) in [7, 11) is 0. The number of piperidine rings is 1. The summed E-state index contributed by atoms with van der Waals surface area (Å²) < 4.78 is 2.71. The molecule has 1 aliphatic heterocycles. The molecule has 3 heterocycles. The van der Waals surface area contributed by atoms with Crippen molar-refractivity contribution >= 4 is 38.9 Å². The van der Waals surface area contributed by atoms with E-state index >= 15 is 0 Å². The number of hydrogen-bond donors (Lipinski definition) is 3. The Morgan fingerprint density at radius 3 is 2.76 bits per heavy atom. The number of rotatable bonds is 9. The van der Waals surface area contributed by atoms with Crippen LogP contribution >= 0.6 is 15.9 Å². The van der Waals surface area contributed by atoms with Gasteiger partial charge in [-0.05, 0) is 78.1 Å². The summed E-state index contributed by atoms with van der Waals surface area (Å²) in [6.07, 6.45) is 8.48. The number of anilines is 3. The van der Waals surface area contributed by atoms with Crippen molar-refractivity contribution in [2.75, 3.05) is 28.7 Å². The minimum absolute atomic E-state index is 0.198. The minimum atomic E-state index is 0.198. The van der Waals surface area contributed by atoms with Crippen molar-refractivity contribution in [2.45, 2.75) is 51.1 Å². The molecule has 1 aliphatic carbocycles. The summed E-state index contributed by atoms with van der Waals surface area (Å²) in [5.41, 5.74) is 4.18. The van der Waals surface area contributed by atoms with Crippen molar-refractivity contribution in [3.05, 3.63) is 58.8 Å².